The van der Waals surface area contributed by atoms with Gasteiger partial charge in [-0.1, -0.05) is 90.6 Å². The SMILES string of the molecule is Fc1ccccc1CSc1nc(-c2ccccc2)c(-c2ccccc2)[nH]1. The molecule has 0 aliphatic carbocycles. The first kappa shape index (κ1) is 16.6. The number of nitrogens with one attached hydrogen (secondary N) is 1. The van der Waals surface area contributed by atoms with E-state index in [2.05, 4.69) is 17.1 Å². The Bertz CT molecular complexity index is 940. The van der Waals surface area contributed by atoms with E-state index in [1.807, 2.05) is 60.7 Å². The van der Waals surface area contributed by atoms with E-state index in [-0.39, 0.29) is 5.82 Å². The van der Waals surface area contributed by atoms with Crippen LogP contribution < -0.4 is 0 Å². The van der Waals surface area contributed by atoms with E-state index in [1.54, 1.807) is 6.07 Å². The van der Waals surface area contributed by atoms with Crippen molar-refractivity contribution in [3.63, 3.8) is 0 Å². The van der Waals surface area contributed by atoms with Crippen LogP contribution >= 0.6 is 11.8 Å². The van der Waals surface area contributed by atoms with Crippen LogP contribution in [0.1, 0.15) is 5.56 Å². The lowest BCUT2D eigenvalue weighted by Gasteiger charge is -2.02. The summed E-state index contributed by atoms with van der Waals surface area (Å²) in [5.41, 5.74) is 4.70. The van der Waals surface area contributed by atoms with Gasteiger partial charge in [0, 0.05) is 16.9 Å². The van der Waals surface area contributed by atoms with E-state index in [4.69, 9.17) is 4.98 Å². The van der Waals surface area contributed by atoms with Gasteiger partial charge in [-0.05, 0) is 11.6 Å². The lowest BCUT2D eigenvalue weighted by molar-refractivity contribution is 0.617. The van der Waals surface area contributed by atoms with Gasteiger partial charge >= 0.3 is 0 Å². The summed E-state index contributed by atoms with van der Waals surface area (Å²) in [4.78, 5) is 8.20. The molecule has 0 radical (unpaired) electrons. The first-order valence-electron chi connectivity index (χ1n) is 8.38. The number of benzene rings is 3. The van der Waals surface area contributed by atoms with Crippen molar-refractivity contribution in [2.45, 2.75) is 10.9 Å². The maximum Gasteiger partial charge on any atom is 0.166 e. The zero-order valence-electron chi connectivity index (χ0n) is 14.0. The van der Waals surface area contributed by atoms with Gasteiger partial charge < -0.3 is 4.98 Å². The summed E-state index contributed by atoms with van der Waals surface area (Å²) in [6, 6.07) is 27.1. The summed E-state index contributed by atoms with van der Waals surface area (Å²) >= 11 is 1.51. The molecule has 2 nitrogen and oxygen atoms in total. The van der Waals surface area contributed by atoms with Gasteiger partial charge in [0.1, 0.15) is 5.82 Å². The van der Waals surface area contributed by atoms with Crippen LogP contribution in [-0.4, -0.2) is 9.97 Å². The van der Waals surface area contributed by atoms with Gasteiger partial charge in [-0.15, -0.1) is 0 Å². The van der Waals surface area contributed by atoms with Crippen LogP contribution in [0.3, 0.4) is 0 Å². The fourth-order valence-electron chi connectivity index (χ4n) is 2.80. The predicted octanol–water partition coefficient (Wildman–Crippen LogP) is 6.18. The van der Waals surface area contributed by atoms with Gasteiger partial charge in [0.05, 0.1) is 11.4 Å². The summed E-state index contributed by atoms with van der Waals surface area (Å²) < 4.78 is 13.9. The first-order valence-corrected chi connectivity index (χ1v) is 9.37. The molecule has 4 heteroatoms. The average Bonchev–Trinajstić information content (AvgIpc) is 3.13. The fourth-order valence-corrected chi connectivity index (χ4v) is 3.66. The van der Waals surface area contributed by atoms with Gasteiger partial charge in [0.2, 0.25) is 0 Å². The lowest BCUT2D eigenvalue weighted by Crippen LogP contribution is -1.87. The van der Waals surface area contributed by atoms with E-state index in [0.29, 0.717) is 11.3 Å². The highest BCUT2D eigenvalue weighted by molar-refractivity contribution is 7.98. The maximum absolute atomic E-state index is 13.9. The molecule has 26 heavy (non-hydrogen) atoms. The zero-order chi connectivity index (χ0) is 17.8. The second kappa shape index (κ2) is 7.58. The quantitative estimate of drug-likeness (QED) is 0.431. The molecule has 4 aromatic rings. The first-order chi connectivity index (χ1) is 12.8. The number of hydrogen-bond acceptors (Lipinski definition) is 2. The molecule has 0 atom stereocenters. The summed E-state index contributed by atoms with van der Waals surface area (Å²) in [5.74, 6) is 0.348. The van der Waals surface area contributed by atoms with Crippen LogP contribution in [-0.2, 0) is 5.75 Å². The van der Waals surface area contributed by atoms with Gasteiger partial charge in [0.15, 0.2) is 5.16 Å². The third-order valence-corrected chi connectivity index (χ3v) is 5.04. The summed E-state index contributed by atoms with van der Waals surface area (Å²) in [5, 5.41) is 0.783. The van der Waals surface area contributed by atoms with Crippen molar-refractivity contribution in [1.82, 2.24) is 9.97 Å². The van der Waals surface area contributed by atoms with Gasteiger partial charge in [-0.25, -0.2) is 9.37 Å². The Balaban J connectivity index is 1.68. The van der Waals surface area contributed by atoms with Crippen molar-refractivity contribution in [2.75, 3.05) is 0 Å². The highest BCUT2D eigenvalue weighted by Gasteiger charge is 2.14. The third kappa shape index (κ3) is 3.55. The smallest absolute Gasteiger partial charge is 0.166 e. The molecule has 0 fully saturated rings. The number of nitrogens with zero attached hydrogens (tertiary/aromatic N) is 1. The van der Waals surface area contributed by atoms with Gasteiger partial charge in [0.25, 0.3) is 0 Å². The van der Waals surface area contributed by atoms with Crippen LogP contribution in [0.5, 0.6) is 0 Å². The molecule has 0 aliphatic rings. The number of aromatic nitrogens is 2. The molecule has 0 saturated carbocycles. The van der Waals surface area contributed by atoms with Crippen molar-refractivity contribution in [1.29, 1.82) is 0 Å². The monoisotopic (exact) mass is 360 g/mol. The minimum Gasteiger partial charge on any atom is -0.332 e. The number of halogens is 1. The highest BCUT2D eigenvalue weighted by atomic mass is 32.2. The number of rotatable bonds is 5. The largest absolute Gasteiger partial charge is 0.332 e. The molecule has 0 bridgehead atoms. The van der Waals surface area contributed by atoms with Crippen molar-refractivity contribution >= 4 is 11.8 Å². The van der Waals surface area contributed by atoms with Crippen molar-refractivity contribution in [2.24, 2.45) is 0 Å². The Morgan fingerprint density at radius 3 is 2.08 bits per heavy atom. The molecule has 0 saturated heterocycles. The van der Waals surface area contributed by atoms with E-state index in [9.17, 15) is 4.39 Å². The van der Waals surface area contributed by atoms with Crippen molar-refractivity contribution in [3.05, 3.63) is 96.3 Å². The summed E-state index contributed by atoms with van der Waals surface area (Å²) in [6.07, 6.45) is 0. The van der Waals surface area contributed by atoms with Crippen LogP contribution in [0.2, 0.25) is 0 Å². The average molecular weight is 360 g/mol. The van der Waals surface area contributed by atoms with Crippen molar-refractivity contribution < 1.29 is 4.39 Å². The van der Waals surface area contributed by atoms with Crippen LogP contribution in [0.15, 0.2) is 90.1 Å². The summed E-state index contributed by atoms with van der Waals surface area (Å²) in [7, 11) is 0. The summed E-state index contributed by atoms with van der Waals surface area (Å²) in [6.45, 7) is 0. The van der Waals surface area contributed by atoms with Crippen LogP contribution in [0, 0.1) is 5.82 Å². The number of imidazole rings is 1. The second-order valence-electron chi connectivity index (χ2n) is 5.88. The Kier molecular flexibility index (Phi) is 4.84. The fraction of sp³-hybridized carbons (Fsp3) is 0.0455. The number of hydrogen-bond donors (Lipinski definition) is 1. The Morgan fingerprint density at radius 1 is 0.769 bits per heavy atom. The highest BCUT2D eigenvalue weighted by Crippen LogP contribution is 2.33. The third-order valence-electron chi connectivity index (χ3n) is 4.11. The Labute approximate surface area is 156 Å². The van der Waals surface area contributed by atoms with Crippen molar-refractivity contribution in [3.8, 4) is 22.5 Å². The van der Waals surface area contributed by atoms with Crippen LogP contribution in [0.25, 0.3) is 22.5 Å². The molecule has 0 aliphatic heterocycles. The Morgan fingerprint density at radius 2 is 1.38 bits per heavy atom. The Hall–Kier alpha value is -2.85. The molecule has 4 rings (SSSR count). The molecule has 3 aromatic carbocycles. The van der Waals surface area contributed by atoms with Crippen LogP contribution in [0.4, 0.5) is 4.39 Å². The van der Waals surface area contributed by atoms with Gasteiger partial charge in [-0.3, -0.25) is 0 Å². The molecule has 0 amide bonds. The molecular formula is C22H17FN2S. The molecule has 1 heterocycles. The second-order valence-corrected chi connectivity index (χ2v) is 6.84. The number of aromatic amines is 1. The molecule has 1 aromatic heterocycles. The van der Waals surface area contributed by atoms with Gasteiger partial charge in [-0.2, -0.15) is 0 Å². The van der Waals surface area contributed by atoms with E-state index >= 15 is 0 Å². The van der Waals surface area contributed by atoms with E-state index in [1.165, 1.54) is 17.8 Å². The zero-order valence-corrected chi connectivity index (χ0v) is 14.8. The normalized spacial score (nSPS) is 10.8. The molecular weight excluding hydrogens is 343 g/mol. The lowest BCUT2D eigenvalue weighted by atomic mass is 10.1. The van der Waals surface area contributed by atoms with E-state index < -0.39 is 0 Å². The topological polar surface area (TPSA) is 28.7 Å². The predicted molar refractivity (Wildman–Crippen MR) is 105 cm³/mol. The number of thioether (sulfide) groups is 1. The molecule has 0 spiro atoms. The molecule has 0 unspecified atom stereocenters. The molecule has 1 N–H and O–H groups in total. The standard InChI is InChI=1S/C22H17FN2S/c23-19-14-8-7-13-18(19)15-26-22-24-20(16-9-3-1-4-10-16)21(25-22)17-11-5-2-6-12-17/h1-14H,15H2,(H,24,25). The minimum atomic E-state index is -0.182. The minimum absolute atomic E-state index is 0.182. The maximum atomic E-state index is 13.9. The number of H-pyrrole nitrogens is 1. The molecule has 128 valence electrons. The van der Waals surface area contributed by atoms with E-state index in [0.717, 1.165) is 27.7 Å².